The highest BCUT2D eigenvalue weighted by atomic mass is 32.1. The molecule has 0 bridgehead atoms. The van der Waals surface area contributed by atoms with Crippen molar-refractivity contribution in [3.8, 4) is 0 Å². The van der Waals surface area contributed by atoms with Crippen LogP contribution < -0.4 is 5.32 Å². The average molecular weight is 300 g/mol. The highest BCUT2D eigenvalue weighted by Gasteiger charge is 2.27. The van der Waals surface area contributed by atoms with Gasteiger partial charge in [0.05, 0.1) is 12.2 Å². The van der Waals surface area contributed by atoms with Crippen molar-refractivity contribution in [1.29, 1.82) is 0 Å². The lowest BCUT2D eigenvalue weighted by atomic mass is 10.1. The molecule has 21 heavy (non-hydrogen) atoms. The van der Waals surface area contributed by atoms with Crippen LogP contribution in [0.1, 0.15) is 28.8 Å². The number of nitrogens with one attached hydrogen (secondary N) is 1. The minimum Gasteiger partial charge on any atom is -0.312 e. The van der Waals surface area contributed by atoms with Crippen LogP contribution in [0.2, 0.25) is 0 Å². The summed E-state index contributed by atoms with van der Waals surface area (Å²) in [5, 5.41) is 20.9. The van der Waals surface area contributed by atoms with Crippen molar-refractivity contribution in [2.24, 2.45) is 7.05 Å². The molecule has 4 rings (SSSR count). The van der Waals surface area contributed by atoms with Crippen molar-refractivity contribution >= 4 is 11.3 Å². The third-order valence-corrected chi connectivity index (χ3v) is 4.53. The van der Waals surface area contributed by atoms with Gasteiger partial charge in [0.1, 0.15) is 5.82 Å². The van der Waals surface area contributed by atoms with Gasteiger partial charge in [-0.05, 0) is 22.4 Å². The first-order valence-corrected chi connectivity index (χ1v) is 7.90. The van der Waals surface area contributed by atoms with Crippen LogP contribution in [0.3, 0.4) is 0 Å². The maximum Gasteiger partial charge on any atom is 0.154 e. The summed E-state index contributed by atoms with van der Waals surface area (Å²) in [5.74, 6) is 2.03. The second-order valence-electron chi connectivity index (χ2n) is 5.27. The minimum absolute atomic E-state index is 0.0798. The SMILES string of the molecule is Cn1cc(C2NCCn3c(Cc4ccsc4)nnc32)cn1. The average Bonchev–Trinajstić information content (AvgIpc) is 3.21. The van der Waals surface area contributed by atoms with Crippen molar-refractivity contribution in [3.05, 3.63) is 52.0 Å². The van der Waals surface area contributed by atoms with E-state index in [1.165, 1.54) is 5.56 Å². The molecule has 1 atom stereocenters. The zero-order chi connectivity index (χ0) is 14.2. The molecule has 7 heteroatoms. The van der Waals surface area contributed by atoms with E-state index in [-0.39, 0.29) is 6.04 Å². The number of thiophene rings is 1. The summed E-state index contributed by atoms with van der Waals surface area (Å²) >= 11 is 1.72. The van der Waals surface area contributed by atoms with Crippen LogP contribution in [0.15, 0.2) is 29.2 Å². The van der Waals surface area contributed by atoms with Gasteiger partial charge in [0.25, 0.3) is 0 Å². The quantitative estimate of drug-likeness (QED) is 0.793. The Hall–Kier alpha value is -1.99. The normalized spacial score (nSPS) is 17.9. The first-order valence-electron chi connectivity index (χ1n) is 6.96. The molecule has 108 valence electrons. The molecule has 0 spiro atoms. The van der Waals surface area contributed by atoms with E-state index in [2.05, 4.69) is 42.0 Å². The minimum atomic E-state index is 0.0798. The number of fused-ring (bicyclic) bond motifs is 1. The summed E-state index contributed by atoms with van der Waals surface area (Å²) in [7, 11) is 1.93. The maximum atomic E-state index is 4.42. The molecule has 3 aromatic rings. The second-order valence-corrected chi connectivity index (χ2v) is 6.05. The monoisotopic (exact) mass is 300 g/mol. The largest absolute Gasteiger partial charge is 0.312 e. The van der Waals surface area contributed by atoms with E-state index >= 15 is 0 Å². The molecule has 0 aromatic carbocycles. The molecule has 0 aliphatic carbocycles. The number of rotatable bonds is 3. The van der Waals surface area contributed by atoms with Gasteiger partial charge >= 0.3 is 0 Å². The predicted octanol–water partition coefficient (Wildman–Crippen LogP) is 1.36. The van der Waals surface area contributed by atoms with Crippen LogP contribution in [-0.4, -0.2) is 31.1 Å². The molecule has 0 fully saturated rings. The summed E-state index contributed by atoms with van der Waals surface area (Å²) in [6.45, 7) is 1.83. The highest BCUT2D eigenvalue weighted by Crippen LogP contribution is 2.24. The van der Waals surface area contributed by atoms with Crippen molar-refractivity contribution in [2.45, 2.75) is 19.0 Å². The summed E-state index contributed by atoms with van der Waals surface area (Å²) in [5.41, 5.74) is 2.43. The smallest absolute Gasteiger partial charge is 0.154 e. The van der Waals surface area contributed by atoms with Crippen LogP contribution in [0.5, 0.6) is 0 Å². The lowest BCUT2D eigenvalue weighted by molar-refractivity contribution is 0.448. The molecule has 4 heterocycles. The van der Waals surface area contributed by atoms with Crippen molar-refractivity contribution in [2.75, 3.05) is 6.54 Å². The molecule has 6 nitrogen and oxygen atoms in total. The molecule has 1 unspecified atom stereocenters. The number of nitrogens with zero attached hydrogens (tertiary/aromatic N) is 5. The molecule has 0 saturated carbocycles. The lowest BCUT2D eigenvalue weighted by Gasteiger charge is -2.24. The Labute approximate surface area is 126 Å². The predicted molar refractivity (Wildman–Crippen MR) is 80.2 cm³/mol. The Bertz CT molecular complexity index is 741. The van der Waals surface area contributed by atoms with E-state index in [9.17, 15) is 0 Å². The van der Waals surface area contributed by atoms with Gasteiger partial charge in [-0.2, -0.15) is 16.4 Å². The zero-order valence-corrected chi connectivity index (χ0v) is 12.5. The van der Waals surface area contributed by atoms with Crippen LogP contribution in [0.25, 0.3) is 0 Å². The highest BCUT2D eigenvalue weighted by molar-refractivity contribution is 7.07. The van der Waals surface area contributed by atoms with Crippen molar-refractivity contribution < 1.29 is 0 Å². The molecule has 0 amide bonds. The van der Waals surface area contributed by atoms with Crippen LogP contribution in [-0.2, 0) is 20.0 Å². The third-order valence-electron chi connectivity index (χ3n) is 3.80. The van der Waals surface area contributed by atoms with Crippen LogP contribution in [0.4, 0.5) is 0 Å². The van der Waals surface area contributed by atoms with Gasteiger partial charge in [0, 0.05) is 38.3 Å². The van der Waals surface area contributed by atoms with E-state index in [0.717, 1.165) is 36.7 Å². The number of aromatic nitrogens is 5. The molecular weight excluding hydrogens is 284 g/mol. The van der Waals surface area contributed by atoms with Gasteiger partial charge in [0.2, 0.25) is 0 Å². The number of hydrogen-bond acceptors (Lipinski definition) is 5. The van der Waals surface area contributed by atoms with Crippen molar-refractivity contribution in [1.82, 2.24) is 29.9 Å². The summed E-state index contributed by atoms with van der Waals surface area (Å²) in [6.07, 6.45) is 4.76. The van der Waals surface area contributed by atoms with Crippen molar-refractivity contribution in [3.63, 3.8) is 0 Å². The Morgan fingerprint density at radius 1 is 1.43 bits per heavy atom. The molecule has 3 aromatic heterocycles. The fraction of sp³-hybridized carbons (Fsp3) is 0.357. The van der Waals surface area contributed by atoms with Gasteiger partial charge in [0.15, 0.2) is 5.82 Å². The van der Waals surface area contributed by atoms with Crippen LogP contribution in [0, 0.1) is 0 Å². The zero-order valence-electron chi connectivity index (χ0n) is 11.7. The van der Waals surface area contributed by atoms with Crippen LogP contribution >= 0.6 is 11.3 Å². The fourth-order valence-electron chi connectivity index (χ4n) is 2.78. The first kappa shape index (κ1) is 12.7. The van der Waals surface area contributed by atoms with E-state index in [1.807, 2.05) is 24.1 Å². The molecule has 0 saturated heterocycles. The van der Waals surface area contributed by atoms with E-state index in [1.54, 1.807) is 11.3 Å². The number of hydrogen-bond donors (Lipinski definition) is 1. The maximum absolute atomic E-state index is 4.42. The van der Waals surface area contributed by atoms with Gasteiger partial charge < -0.3 is 9.88 Å². The molecular formula is C14H16N6S. The number of aryl methyl sites for hydroxylation is 1. The summed E-state index contributed by atoms with van der Waals surface area (Å²) in [4.78, 5) is 0. The first-order chi connectivity index (χ1) is 10.3. The van der Waals surface area contributed by atoms with Gasteiger partial charge in [-0.3, -0.25) is 4.68 Å². The van der Waals surface area contributed by atoms with Gasteiger partial charge in [-0.1, -0.05) is 0 Å². The standard InChI is InChI=1S/C14H16N6S/c1-19-8-11(7-16-19)13-14-18-17-12(20(14)4-3-15-13)6-10-2-5-21-9-10/h2,5,7-9,13,15H,3-4,6H2,1H3. The Morgan fingerprint density at radius 2 is 2.38 bits per heavy atom. The van der Waals surface area contributed by atoms with Gasteiger partial charge in [-0.25, -0.2) is 0 Å². The summed E-state index contributed by atoms with van der Waals surface area (Å²) in [6, 6.07) is 2.22. The Kier molecular flexibility index (Phi) is 3.08. The second kappa shape index (κ2) is 5.09. The topological polar surface area (TPSA) is 60.6 Å². The van der Waals surface area contributed by atoms with E-state index in [0.29, 0.717) is 0 Å². The Balaban J connectivity index is 1.68. The molecule has 0 radical (unpaired) electrons. The Morgan fingerprint density at radius 3 is 3.14 bits per heavy atom. The summed E-state index contributed by atoms with van der Waals surface area (Å²) < 4.78 is 4.06. The molecule has 1 aliphatic rings. The van der Waals surface area contributed by atoms with Gasteiger partial charge in [-0.15, -0.1) is 10.2 Å². The molecule has 1 aliphatic heterocycles. The third kappa shape index (κ3) is 2.28. The molecule has 1 N–H and O–H groups in total. The van der Waals surface area contributed by atoms with E-state index < -0.39 is 0 Å². The van der Waals surface area contributed by atoms with E-state index in [4.69, 9.17) is 0 Å². The fourth-order valence-corrected chi connectivity index (χ4v) is 3.45. The lowest BCUT2D eigenvalue weighted by Crippen LogP contribution is -2.34.